The Morgan fingerprint density at radius 1 is 1.05 bits per heavy atom. The third-order valence-corrected chi connectivity index (χ3v) is 3.46. The molecule has 0 fully saturated rings. The van der Waals surface area contributed by atoms with Gasteiger partial charge in [0.2, 0.25) is 0 Å². The summed E-state index contributed by atoms with van der Waals surface area (Å²) in [7, 11) is 1.99. The normalized spacial score (nSPS) is 10.8. The number of hydrogen-bond acceptors (Lipinski definition) is 2. The van der Waals surface area contributed by atoms with E-state index in [1.807, 2.05) is 50.4 Å². The maximum Gasteiger partial charge on any atom is 0.176 e. The molecule has 0 saturated carbocycles. The van der Waals surface area contributed by atoms with Crippen LogP contribution >= 0.6 is 0 Å². The third kappa shape index (κ3) is 3.78. The first-order chi connectivity index (χ1) is 9.56. The van der Waals surface area contributed by atoms with Crippen molar-refractivity contribution in [3.05, 3.63) is 70.8 Å². The zero-order valence-electron chi connectivity index (χ0n) is 12.4. The number of ketones is 1. The fourth-order valence-corrected chi connectivity index (χ4v) is 2.29. The monoisotopic (exact) mass is 267 g/mol. The molecule has 0 atom stereocenters. The molecule has 0 heterocycles. The fourth-order valence-electron chi connectivity index (χ4n) is 2.29. The smallest absolute Gasteiger partial charge is 0.176 e. The van der Waals surface area contributed by atoms with E-state index in [2.05, 4.69) is 24.0 Å². The van der Waals surface area contributed by atoms with Gasteiger partial charge in [-0.05, 0) is 38.1 Å². The number of hydrogen-bond donors (Lipinski definition) is 0. The van der Waals surface area contributed by atoms with Crippen molar-refractivity contribution < 1.29 is 4.79 Å². The minimum Gasteiger partial charge on any atom is -0.295 e. The van der Waals surface area contributed by atoms with Gasteiger partial charge >= 0.3 is 0 Å². The topological polar surface area (TPSA) is 20.3 Å². The zero-order chi connectivity index (χ0) is 14.5. The molecule has 0 radical (unpaired) electrons. The number of Topliss-reactive ketones (excluding diaryl/α,β-unsaturated/α-hetero) is 1. The van der Waals surface area contributed by atoms with E-state index in [4.69, 9.17) is 0 Å². The van der Waals surface area contributed by atoms with Crippen LogP contribution in [-0.4, -0.2) is 24.3 Å². The second-order valence-corrected chi connectivity index (χ2v) is 5.39. The van der Waals surface area contributed by atoms with E-state index in [1.54, 1.807) is 0 Å². The van der Waals surface area contributed by atoms with Crippen LogP contribution in [0.4, 0.5) is 0 Å². The van der Waals surface area contributed by atoms with Crippen LogP contribution in [0, 0.1) is 13.8 Å². The van der Waals surface area contributed by atoms with Crippen LogP contribution in [0.5, 0.6) is 0 Å². The Bertz CT molecular complexity index is 604. The fraction of sp³-hybridized carbons (Fsp3) is 0.278. The van der Waals surface area contributed by atoms with E-state index in [0.717, 1.165) is 17.7 Å². The quantitative estimate of drug-likeness (QED) is 0.771. The molecule has 0 aliphatic heterocycles. The summed E-state index contributed by atoms with van der Waals surface area (Å²) in [5.74, 6) is 0.171. The van der Waals surface area contributed by atoms with Gasteiger partial charge < -0.3 is 0 Å². The van der Waals surface area contributed by atoms with Crippen LogP contribution in [-0.2, 0) is 6.54 Å². The van der Waals surface area contributed by atoms with Gasteiger partial charge in [0.1, 0.15) is 0 Å². The van der Waals surface area contributed by atoms with Gasteiger partial charge in [0, 0.05) is 12.1 Å². The van der Waals surface area contributed by atoms with Crippen LogP contribution in [0.15, 0.2) is 48.5 Å². The van der Waals surface area contributed by atoms with Crippen molar-refractivity contribution in [2.45, 2.75) is 20.4 Å². The molecule has 0 amide bonds. The molecule has 0 bridgehead atoms. The molecule has 2 rings (SSSR count). The molecule has 104 valence electrons. The lowest BCUT2D eigenvalue weighted by Gasteiger charge is -2.17. The van der Waals surface area contributed by atoms with E-state index < -0.39 is 0 Å². The molecule has 0 spiro atoms. The molecule has 0 saturated heterocycles. The Morgan fingerprint density at radius 3 is 2.50 bits per heavy atom. The first-order valence-corrected chi connectivity index (χ1v) is 6.89. The highest BCUT2D eigenvalue weighted by Crippen LogP contribution is 2.11. The van der Waals surface area contributed by atoms with Crippen LogP contribution in [0.25, 0.3) is 0 Å². The highest BCUT2D eigenvalue weighted by Gasteiger charge is 2.10. The summed E-state index contributed by atoms with van der Waals surface area (Å²) in [5, 5.41) is 0. The number of nitrogens with zero attached hydrogens (tertiary/aromatic N) is 1. The number of likely N-dealkylation sites (N-methyl/N-ethyl adjacent to an activating group) is 1. The summed E-state index contributed by atoms with van der Waals surface area (Å²) < 4.78 is 0. The highest BCUT2D eigenvalue weighted by atomic mass is 16.1. The summed E-state index contributed by atoms with van der Waals surface area (Å²) in [6.45, 7) is 5.35. The van der Waals surface area contributed by atoms with E-state index in [0.29, 0.717) is 6.54 Å². The zero-order valence-corrected chi connectivity index (χ0v) is 12.4. The number of carbonyl (C=O) groups excluding carboxylic acids is 1. The Morgan fingerprint density at radius 2 is 1.80 bits per heavy atom. The molecule has 0 aliphatic carbocycles. The molecule has 0 N–H and O–H groups in total. The lowest BCUT2D eigenvalue weighted by molar-refractivity contribution is 0.0943. The van der Waals surface area contributed by atoms with Gasteiger partial charge in [0.05, 0.1) is 6.54 Å². The molecule has 2 heteroatoms. The highest BCUT2D eigenvalue weighted by molar-refractivity contribution is 5.97. The van der Waals surface area contributed by atoms with Crippen LogP contribution in [0.1, 0.15) is 27.0 Å². The second kappa shape index (κ2) is 6.49. The van der Waals surface area contributed by atoms with Crippen molar-refractivity contribution in [1.82, 2.24) is 4.90 Å². The van der Waals surface area contributed by atoms with Gasteiger partial charge in [0.15, 0.2) is 5.78 Å². The molecular weight excluding hydrogens is 246 g/mol. The van der Waals surface area contributed by atoms with Gasteiger partial charge in [-0.1, -0.05) is 48.0 Å². The van der Waals surface area contributed by atoms with Crippen LogP contribution in [0.3, 0.4) is 0 Å². The van der Waals surface area contributed by atoms with E-state index in [1.165, 1.54) is 11.1 Å². The van der Waals surface area contributed by atoms with Crippen molar-refractivity contribution in [3.63, 3.8) is 0 Å². The summed E-state index contributed by atoms with van der Waals surface area (Å²) in [6.07, 6.45) is 0. The average molecular weight is 267 g/mol. The van der Waals surface area contributed by atoms with Crippen molar-refractivity contribution in [2.75, 3.05) is 13.6 Å². The predicted molar refractivity (Wildman–Crippen MR) is 83.0 cm³/mol. The maximum atomic E-state index is 12.2. The summed E-state index contributed by atoms with van der Waals surface area (Å²) in [5.41, 5.74) is 4.45. The molecule has 0 unspecified atom stereocenters. The van der Waals surface area contributed by atoms with E-state index in [-0.39, 0.29) is 5.78 Å². The number of carbonyl (C=O) groups is 1. The largest absolute Gasteiger partial charge is 0.295 e. The standard InChI is InChI=1S/C18H21NO/c1-14-7-6-10-16(11-14)18(20)13-19(3)12-17-9-5-4-8-15(17)2/h4-11H,12-13H2,1-3H3. The Kier molecular flexibility index (Phi) is 4.70. The Balaban J connectivity index is 2.00. The van der Waals surface area contributed by atoms with Crippen LogP contribution in [0.2, 0.25) is 0 Å². The number of rotatable bonds is 5. The molecule has 20 heavy (non-hydrogen) atoms. The molecule has 2 aromatic rings. The lowest BCUT2D eigenvalue weighted by atomic mass is 10.1. The lowest BCUT2D eigenvalue weighted by Crippen LogP contribution is -2.26. The minimum absolute atomic E-state index is 0.171. The summed E-state index contributed by atoms with van der Waals surface area (Å²) in [4.78, 5) is 14.3. The Labute approximate surface area is 121 Å². The molecule has 2 nitrogen and oxygen atoms in total. The van der Waals surface area contributed by atoms with Gasteiger partial charge in [-0.15, -0.1) is 0 Å². The number of aryl methyl sites for hydroxylation is 2. The van der Waals surface area contributed by atoms with E-state index in [9.17, 15) is 4.79 Å². The van der Waals surface area contributed by atoms with Crippen LogP contribution < -0.4 is 0 Å². The third-order valence-electron chi connectivity index (χ3n) is 3.46. The summed E-state index contributed by atoms with van der Waals surface area (Å²) >= 11 is 0. The summed E-state index contributed by atoms with van der Waals surface area (Å²) in [6, 6.07) is 16.1. The molecular formula is C18H21NO. The molecule has 2 aromatic carbocycles. The Hall–Kier alpha value is -1.93. The first-order valence-electron chi connectivity index (χ1n) is 6.89. The van der Waals surface area contributed by atoms with Gasteiger partial charge in [-0.2, -0.15) is 0 Å². The maximum absolute atomic E-state index is 12.2. The SMILES string of the molecule is Cc1cccc(C(=O)CN(C)Cc2ccccc2C)c1. The predicted octanol–water partition coefficient (Wildman–Crippen LogP) is 3.62. The minimum atomic E-state index is 0.171. The number of benzene rings is 2. The van der Waals surface area contributed by atoms with Gasteiger partial charge in [-0.25, -0.2) is 0 Å². The van der Waals surface area contributed by atoms with E-state index >= 15 is 0 Å². The van der Waals surface area contributed by atoms with Crippen molar-refractivity contribution >= 4 is 5.78 Å². The first kappa shape index (κ1) is 14.5. The van der Waals surface area contributed by atoms with Gasteiger partial charge in [-0.3, -0.25) is 9.69 Å². The molecule has 0 aromatic heterocycles. The molecule has 0 aliphatic rings. The second-order valence-electron chi connectivity index (χ2n) is 5.39. The van der Waals surface area contributed by atoms with Gasteiger partial charge in [0.25, 0.3) is 0 Å². The van der Waals surface area contributed by atoms with Crippen molar-refractivity contribution in [2.24, 2.45) is 0 Å². The average Bonchev–Trinajstić information content (AvgIpc) is 2.41. The van der Waals surface area contributed by atoms with Crippen molar-refractivity contribution in [1.29, 1.82) is 0 Å². The van der Waals surface area contributed by atoms with Crippen molar-refractivity contribution in [3.8, 4) is 0 Å².